The van der Waals surface area contributed by atoms with Crippen LogP contribution in [0.4, 0.5) is 5.69 Å². The largest absolute Gasteiger partial charge is 0.323 e. The van der Waals surface area contributed by atoms with Crippen molar-refractivity contribution in [2.75, 3.05) is 5.32 Å². The number of Topliss-reactive ketones (excluding diaryl/α,β-unsaturated/α-hetero) is 1. The third-order valence-electron chi connectivity index (χ3n) is 5.05. The summed E-state index contributed by atoms with van der Waals surface area (Å²) in [6, 6.07) is 16.3. The molecule has 0 aliphatic carbocycles. The fraction of sp³-hybridized carbons (Fsp3) is 0.292. The van der Waals surface area contributed by atoms with Crippen LogP contribution in [0.1, 0.15) is 39.0 Å². The highest BCUT2D eigenvalue weighted by atomic mass is 32.2. The number of fused-ring (bicyclic) bond motifs is 1. The monoisotopic (exact) mass is 453 g/mol. The molecule has 0 spiro atoms. The van der Waals surface area contributed by atoms with Gasteiger partial charge in [-0.2, -0.15) is 4.72 Å². The van der Waals surface area contributed by atoms with Crippen molar-refractivity contribution in [3.05, 3.63) is 66.9 Å². The number of carbonyl (C=O) groups is 2. The molecule has 0 unspecified atom stereocenters. The van der Waals surface area contributed by atoms with Crippen molar-refractivity contribution >= 4 is 38.3 Å². The fourth-order valence-electron chi connectivity index (χ4n) is 3.37. The molecule has 0 saturated carbocycles. The normalized spacial score (nSPS) is 12.4. The Morgan fingerprint density at radius 3 is 2.44 bits per heavy atom. The van der Waals surface area contributed by atoms with E-state index in [4.69, 9.17) is 0 Å². The quantitative estimate of drug-likeness (QED) is 0.426. The number of rotatable bonds is 11. The number of ketones is 1. The van der Waals surface area contributed by atoms with E-state index in [1.54, 1.807) is 37.4 Å². The van der Waals surface area contributed by atoms with Crippen molar-refractivity contribution in [1.82, 2.24) is 9.71 Å². The molecule has 0 fully saturated rings. The van der Waals surface area contributed by atoms with Gasteiger partial charge in [0, 0.05) is 11.8 Å². The predicted molar refractivity (Wildman–Crippen MR) is 125 cm³/mol. The lowest BCUT2D eigenvalue weighted by molar-refractivity contribution is -0.118. The molecule has 0 bridgehead atoms. The molecule has 0 saturated heterocycles. The first kappa shape index (κ1) is 23.6. The predicted octanol–water partition coefficient (Wildman–Crippen LogP) is 4.06. The molecule has 32 heavy (non-hydrogen) atoms. The summed E-state index contributed by atoms with van der Waals surface area (Å²) < 4.78 is 28.1. The zero-order valence-electron chi connectivity index (χ0n) is 18.0. The second-order valence-corrected chi connectivity index (χ2v) is 9.41. The molecule has 1 aromatic heterocycles. The molecule has 2 N–H and O–H groups in total. The van der Waals surface area contributed by atoms with Gasteiger partial charge in [-0.3, -0.25) is 9.78 Å². The summed E-state index contributed by atoms with van der Waals surface area (Å²) in [6.07, 6.45) is 4.40. The molecule has 168 valence electrons. The minimum absolute atomic E-state index is 0.0988. The van der Waals surface area contributed by atoms with Crippen molar-refractivity contribution in [2.24, 2.45) is 0 Å². The van der Waals surface area contributed by atoms with E-state index in [9.17, 15) is 18.0 Å². The van der Waals surface area contributed by atoms with Gasteiger partial charge in [-0.1, -0.05) is 49.2 Å². The van der Waals surface area contributed by atoms with Crippen LogP contribution in [0, 0.1) is 0 Å². The maximum absolute atomic E-state index is 13.0. The maximum atomic E-state index is 13.0. The van der Waals surface area contributed by atoms with E-state index in [1.807, 2.05) is 24.3 Å². The Morgan fingerprint density at radius 1 is 0.969 bits per heavy atom. The molecule has 7 nitrogen and oxygen atoms in total. The summed E-state index contributed by atoms with van der Waals surface area (Å²) in [6.45, 7) is 1.54. The van der Waals surface area contributed by atoms with Gasteiger partial charge in [0.25, 0.3) is 0 Å². The third kappa shape index (κ3) is 6.70. The first-order chi connectivity index (χ1) is 15.3. The van der Waals surface area contributed by atoms with E-state index in [0.29, 0.717) is 31.4 Å². The van der Waals surface area contributed by atoms with Crippen LogP contribution in [-0.2, 0) is 19.6 Å². The van der Waals surface area contributed by atoms with Gasteiger partial charge in [0.1, 0.15) is 11.8 Å². The van der Waals surface area contributed by atoms with Gasteiger partial charge in [-0.15, -0.1) is 0 Å². The molecule has 2 aromatic carbocycles. The van der Waals surface area contributed by atoms with E-state index in [1.165, 1.54) is 12.1 Å². The number of hydrogen-bond donors (Lipinski definition) is 2. The molecular weight excluding hydrogens is 426 g/mol. The van der Waals surface area contributed by atoms with E-state index in [0.717, 1.165) is 17.3 Å². The topological polar surface area (TPSA) is 105 Å². The van der Waals surface area contributed by atoms with Gasteiger partial charge < -0.3 is 10.1 Å². The number of unbranched alkanes of at least 4 members (excludes halogenated alkanes) is 2. The number of hydrogen-bond acceptors (Lipinski definition) is 5. The molecule has 1 amide bonds. The molecule has 1 heterocycles. The van der Waals surface area contributed by atoms with Crippen molar-refractivity contribution in [3.8, 4) is 0 Å². The van der Waals surface area contributed by atoms with Gasteiger partial charge in [0.15, 0.2) is 0 Å². The second-order valence-electron chi connectivity index (χ2n) is 7.69. The van der Waals surface area contributed by atoms with Crippen LogP contribution in [0.5, 0.6) is 0 Å². The molecule has 0 radical (unpaired) electrons. The van der Waals surface area contributed by atoms with Crippen LogP contribution in [0.2, 0.25) is 0 Å². The Labute approximate surface area is 188 Å². The van der Waals surface area contributed by atoms with Gasteiger partial charge in [0.05, 0.1) is 22.3 Å². The number of nitrogens with zero attached hydrogens (tertiary/aromatic N) is 1. The average molecular weight is 454 g/mol. The highest BCUT2D eigenvalue weighted by Crippen LogP contribution is 2.18. The summed E-state index contributed by atoms with van der Waals surface area (Å²) in [7, 11) is -3.87. The molecule has 0 aliphatic rings. The summed E-state index contributed by atoms with van der Waals surface area (Å²) in [5, 5.41) is 3.66. The minimum atomic E-state index is -3.87. The van der Waals surface area contributed by atoms with Gasteiger partial charge >= 0.3 is 0 Å². The zero-order valence-corrected chi connectivity index (χ0v) is 18.8. The number of carbonyl (C=O) groups excluding carboxylic acids is 2. The Bertz CT molecular complexity index is 1180. The highest BCUT2D eigenvalue weighted by molar-refractivity contribution is 7.89. The van der Waals surface area contributed by atoms with Gasteiger partial charge in [-0.25, -0.2) is 8.42 Å². The Kier molecular flexibility index (Phi) is 8.08. The summed E-state index contributed by atoms with van der Waals surface area (Å²) >= 11 is 0. The fourth-order valence-corrected chi connectivity index (χ4v) is 4.62. The highest BCUT2D eigenvalue weighted by Gasteiger charge is 2.25. The van der Waals surface area contributed by atoms with E-state index >= 15 is 0 Å². The third-order valence-corrected chi connectivity index (χ3v) is 6.53. The van der Waals surface area contributed by atoms with Gasteiger partial charge in [0.2, 0.25) is 15.9 Å². The number of amides is 1. The smallest absolute Gasteiger partial charge is 0.242 e. The maximum Gasteiger partial charge on any atom is 0.242 e. The average Bonchev–Trinajstić information content (AvgIpc) is 2.78. The van der Waals surface area contributed by atoms with Crippen LogP contribution >= 0.6 is 0 Å². The Morgan fingerprint density at radius 2 is 1.69 bits per heavy atom. The first-order valence-electron chi connectivity index (χ1n) is 10.6. The Balaban J connectivity index is 1.73. The van der Waals surface area contributed by atoms with Crippen molar-refractivity contribution in [1.29, 1.82) is 0 Å². The lowest BCUT2D eigenvalue weighted by Gasteiger charge is -2.19. The van der Waals surface area contributed by atoms with Crippen molar-refractivity contribution < 1.29 is 18.0 Å². The molecule has 1 atom stereocenters. The summed E-state index contributed by atoms with van der Waals surface area (Å²) in [4.78, 5) is 28.6. The molecule has 3 aromatic rings. The number of para-hydroxylation sites is 1. The van der Waals surface area contributed by atoms with E-state index < -0.39 is 22.0 Å². The minimum Gasteiger partial charge on any atom is -0.323 e. The van der Waals surface area contributed by atoms with E-state index in [-0.39, 0.29) is 10.7 Å². The number of pyridine rings is 1. The van der Waals surface area contributed by atoms with Crippen LogP contribution < -0.4 is 10.0 Å². The van der Waals surface area contributed by atoms with Crippen molar-refractivity contribution in [2.45, 2.75) is 50.0 Å². The number of anilines is 1. The standard InChI is InChI=1S/C24H27N3O4S/c1-18(28)10-4-2-7-15-23(27-32(30,31)21-12-5-3-6-13-21)24(29)26-20-16-19-11-8-9-14-22(19)25-17-20/h3,5-6,8-9,11-14,16-17,23,27H,2,4,7,10,15H2,1H3,(H,26,29)/t23-/m0/s1. The summed E-state index contributed by atoms with van der Waals surface area (Å²) in [5.74, 6) is -0.332. The SMILES string of the molecule is CC(=O)CCCCC[C@H](NS(=O)(=O)c1ccccc1)C(=O)Nc1cnc2ccccc2c1. The van der Waals surface area contributed by atoms with Crippen LogP contribution in [-0.4, -0.2) is 31.1 Å². The van der Waals surface area contributed by atoms with Crippen LogP contribution in [0.25, 0.3) is 10.9 Å². The molecule has 8 heteroatoms. The molecule has 3 rings (SSSR count). The molecule has 0 aliphatic heterocycles. The second kappa shape index (κ2) is 11.0. The number of sulfonamides is 1. The molecular formula is C24H27N3O4S. The Hall–Kier alpha value is -3.10. The van der Waals surface area contributed by atoms with Gasteiger partial charge in [-0.05, 0) is 44.0 Å². The lowest BCUT2D eigenvalue weighted by atomic mass is 10.1. The lowest BCUT2D eigenvalue weighted by Crippen LogP contribution is -2.43. The van der Waals surface area contributed by atoms with Crippen LogP contribution in [0.3, 0.4) is 0 Å². The number of nitrogens with one attached hydrogen (secondary N) is 2. The van der Waals surface area contributed by atoms with Crippen molar-refractivity contribution in [3.63, 3.8) is 0 Å². The van der Waals surface area contributed by atoms with E-state index in [2.05, 4.69) is 15.0 Å². The number of aromatic nitrogens is 1. The first-order valence-corrected chi connectivity index (χ1v) is 12.1. The van der Waals surface area contributed by atoms with Crippen LogP contribution in [0.15, 0.2) is 71.8 Å². The number of benzene rings is 2. The summed E-state index contributed by atoms with van der Waals surface area (Å²) in [5.41, 5.74) is 1.30. The zero-order chi connectivity index (χ0) is 23.0.